The summed E-state index contributed by atoms with van der Waals surface area (Å²) in [6, 6.07) is 0.0889. The van der Waals surface area contributed by atoms with E-state index in [0.29, 0.717) is 0 Å². The van der Waals surface area contributed by atoms with Crippen LogP contribution in [0.5, 0.6) is 0 Å². The molecule has 0 aliphatic heterocycles. The van der Waals surface area contributed by atoms with Crippen LogP contribution in [0.25, 0.3) is 0 Å². The number of aromatic nitrogens is 2. The molecule has 1 aromatic heterocycles. The Kier molecular flexibility index (Phi) is 6.85. The molecule has 0 saturated heterocycles. The van der Waals surface area contributed by atoms with Crippen molar-refractivity contribution < 1.29 is 4.74 Å². The summed E-state index contributed by atoms with van der Waals surface area (Å²) in [6.07, 6.45) is 4.98. The molecule has 0 amide bonds. The Morgan fingerprint density at radius 3 is 2.83 bits per heavy atom. The van der Waals surface area contributed by atoms with Crippen molar-refractivity contribution in [1.29, 1.82) is 0 Å². The summed E-state index contributed by atoms with van der Waals surface area (Å²) in [4.78, 5) is 0. The number of aryl methyl sites for hydroxylation is 1. The van der Waals surface area contributed by atoms with Crippen molar-refractivity contribution >= 4 is 15.9 Å². The van der Waals surface area contributed by atoms with Gasteiger partial charge >= 0.3 is 0 Å². The first-order valence-corrected chi connectivity index (χ1v) is 7.13. The Hall–Kier alpha value is -0.430. The minimum absolute atomic E-state index is 0.0889. The molecule has 5 nitrogen and oxygen atoms in total. The molecular weight excluding hydrogens is 296 g/mol. The van der Waals surface area contributed by atoms with Gasteiger partial charge in [-0.25, -0.2) is 0 Å². The number of rotatable bonds is 8. The van der Waals surface area contributed by atoms with Crippen molar-refractivity contribution in [2.45, 2.75) is 51.8 Å². The highest BCUT2D eigenvalue weighted by Gasteiger charge is 2.19. The number of hydrogen-bond acceptors (Lipinski definition) is 4. The zero-order chi connectivity index (χ0) is 13.5. The predicted octanol–water partition coefficient (Wildman–Crippen LogP) is 2.38. The van der Waals surface area contributed by atoms with E-state index in [1.54, 1.807) is 7.11 Å². The van der Waals surface area contributed by atoms with Gasteiger partial charge in [-0.3, -0.25) is 16.0 Å². The van der Waals surface area contributed by atoms with Gasteiger partial charge in [0.2, 0.25) is 0 Å². The smallest absolute Gasteiger partial charge is 0.0709 e. The maximum absolute atomic E-state index is 5.67. The number of methoxy groups -OCH3 is 1. The number of hydrogen-bond donors (Lipinski definition) is 2. The molecule has 3 N–H and O–H groups in total. The van der Waals surface area contributed by atoms with Gasteiger partial charge in [-0.1, -0.05) is 6.92 Å². The summed E-state index contributed by atoms with van der Waals surface area (Å²) in [5, 5.41) is 4.36. The molecular formula is C12H23BrN4O. The Bertz CT molecular complexity index is 356. The predicted molar refractivity (Wildman–Crippen MR) is 76.0 cm³/mol. The molecule has 2 atom stereocenters. The second-order valence-corrected chi connectivity index (χ2v) is 5.30. The molecule has 0 aliphatic carbocycles. The third-order valence-electron chi connectivity index (χ3n) is 3.06. The molecule has 1 rings (SSSR count). The molecule has 0 bridgehead atoms. The lowest BCUT2D eigenvalue weighted by molar-refractivity contribution is 0.105. The van der Waals surface area contributed by atoms with Crippen LogP contribution in [0.4, 0.5) is 0 Å². The van der Waals surface area contributed by atoms with Crippen LogP contribution >= 0.6 is 15.9 Å². The van der Waals surface area contributed by atoms with Crippen molar-refractivity contribution in [1.82, 2.24) is 15.2 Å². The number of nitrogens with two attached hydrogens (primary N) is 1. The van der Waals surface area contributed by atoms with E-state index in [4.69, 9.17) is 10.6 Å². The molecule has 0 aliphatic rings. The molecule has 0 aromatic carbocycles. The average Bonchev–Trinajstić information content (AvgIpc) is 2.72. The third kappa shape index (κ3) is 4.05. The van der Waals surface area contributed by atoms with E-state index in [2.05, 4.69) is 40.3 Å². The topological polar surface area (TPSA) is 65.1 Å². The Morgan fingerprint density at radius 2 is 2.28 bits per heavy atom. The van der Waals surface area contributed by atoms with Crippen LogP contribution in [0.15, 0.2) is 10.7 Å². The SMILES string of the molecule is CCCn1ncc(Br)c1C(CCC(C)OC)NN. The zero-order valence-electron chi connectivity index (χ0n) is 11.3. The van der Waals surface area contributed by atoms with Crippen molar-refractivity contribution in [2.24, 2.45) is 5.84 Å². The van der Waals surface area contributed by atoms with Gasteiger partial charge in [0.1, 0.15) is 0 Å². The molecule has 0 spiro atoms. The van der Waals surface area contributed by atoms with Gasteiger partial charge in [-0.15, -0.1) is 0 Å². The number of halogens is 1. The highest BCUT2D eigenvalue weighted by Crippen LogP contribution is 2.26. The summed E-state index contributed by atoms with van der Waals surface area (Å²) in [7, 11) is 1.73. The van der Waals surface area contributed by atoms with E-state index in [-0.39, 0.29) is 12.1 Å². The highest BCUT2D eigenvalue weighted by atomic mass is 79.9. The van der Waals surface area contributed by atoms with Crippen LogP contribution in [0, 0.1) is 0 Å². The maximum atomic E-state index is 5.67. The van der Waals surface area contributed by atoms with E-state index in [0.717, 1.165) is 36.0 Å². The standard InChI is InChI=1S/C12H23BrN4O/c1-4-7-17-12(10(13)8-15-17)11(16-14)6-5-9(2)18-3/h8-9,11,16H,4-7,14H2,1-3H3. The lowest BCUT2D eigenvalue weighted by Gasteiger charge is -2.20. The molecule has 1 aromatic rings. The van der Waals surface area contributed by atoms with Crippen LogP contribution in [-0.2, 0) is 11.3 Å². The first kappa shape index (κ1) is 15.6. The molecule has 0 radical (unpaired) electrons. The Morgan fingerprint density at radius 1 is 1.56 bits per heavy atom. The molecule has 6 heteroatoms. The lowest BCUT2D eigenvalue weighted by Crippen LogP contribution is -2.31. The largest absolute Gasteiger partial charge is 0.382 e. The summed E-state index contributed by atoms with van der Waals surface area (Å²) in [6.45, 7) is 5.10. The first-order valence-electron chi connectivity index (χ1n) is 6.34. The van der Waals surface area contributed by atoms with Crippen LogP contribution in [-0.4, -0.2) is 23.0 Å². The fourth-order valence-electron chi connectivity index (χ4n) is 1.93. The van der Waals surface area contributed by atoms with Crippen LogP contribution in [0.3, 0.4) is 0 Å². The summed E-state index contributed by atoms with van der Waals surface area (Å²) in [5.74, 6) is 5.67. The maximum Gasteiger partial charge on any atom is 0.0709 e. The molecule has 1 heterocycles. The second-order valence-electron chi connectivity index (χ2n) is 4.44. The van der Waals surface area contributed by atoms with Crippen LogP contribution in [0.1, 0.15) is 44.8 Å². The fourth-order valence-corrected chi connectivity index (χ4v) is 2.50. The van der Waals surface area contributed by atoms with Crippen molar-refractivity contribution in [3.8, 4) is 0 Å². The minimum atomic E-state index is 0.0889. The van der Waals surface area contributed by atoms with E-state index in [1.807, 2.05) is 10.9 Å². The second kappa shape index (κ2) is 7.89. The van der Waals surface area contributed by atoms with E-state index in [1.165, 1.54) is 0 Å². The van der Waals surface area contributed by atoms with Crippen LogP contribution < -0.4 is 11.3 Å². The third-order valence-corrected chi connectivity index (χ3v) is 3.68. The van der Waals surface area contributed by atoms with Gasteiger partial charge in [0.25, 0.3) is 0 Å². The molecule has 0 fully saturated rings. The van der Waals surface area contributed by atoms with Gasteiger partial charge in [0, 0.05) is 13.7 Å². The summed E-state index contributed by atoms with van der Waals surface area (Å²) < 4.78 is 8.28. The quantitative estimate of drug-likeness (QED) is 0.570. The van der Waals surface area contributed by atoms with Gasteiger partial charge in [0.15, 0.2) is 0 Å². The molecule has 2 unspecified atom stereocenters. The van der Waals surface area contributed by atoms with Gasteiger partial charge in [-0.05, 0) is 42.1 Å². The lowest BCUT2D eigenvalue weighted by atomic mass is 10.1. The number of nitrogens with one attached hydrogen (secondary N) is 1. The van der Waals surface area contributed by atoms with Crippen molar-refractivity contribution in [2.75, 3.05) is 7.11 Å². The molecule has 0 saturated carbocycles. The number of hydrazine groups is 1. The van der Waals surface area contributed by atoms with E-state index in [9.17, 15) is 0 Å². The minimum Gasteiger partial charge on any atom is -0.382 e. The zero-order valence-corrected chi connectivity index (χ0v) is 12.9. The van der Waals surface area contributed by atoms with Crippen molar-refractivity contribution in [3.63, 3.8) is 0 Å². The molecule has 104 valence electrons. The average molecular weight is 319 g/mol. The van der Waals surface area contributed by atoms with E-state index >= 15 is 0 Å². The fraction of sp³-hybridized carbons (Fsp3) is 0.750. The van der Waals surface area contributed by atoms with Gasteiger partial charge < -0.3 is 4.74 Å². The Balaban J connectivity index is 2.77. The van der Waals surface area contributed by atoms with E-state index < -0.39 is 0 Å². The monoisotopic (exact) mass is 318 g/mol. The van der Waals surface area contributed by atoms with Crippen LogP contribution in [0.2, 0.25) is 0 Å². The normalized spacial score (nSPS) is 14.7. The highest BCUT2D eigenvalue weighted by molar-refractivity contribution is 9.10. The van der Waals surface area contributed by atoms with Gasteiger partial charge in [-0.2, -0.15) is 5.10 Å². The van der Waals surface area contributed by atoms with Crippen molar-refractivity contribution in [3.05, 3.63) is 16.4 Å². The molecule has 18 heavy (non-hydrogen) atoms. The first-order chi connectivity index (χ1) is 8.63. The number of ether oxygens (including phenoxy) is 1. The van der Waals surface area contributed by atoms with Gasteiger partial charge in [0.05, 0.1) is 28.5 Å². The Labute approximate surface area is 117 Å². The summed E-state index contributed by atoms with van der Waals surface area (Å²) >= 11 is 3.54. The number of nitrogens with zero attached hydrogens (tertiary/aromatic N) is 2. The summed E-state index contributed by atoms with van der Waals surface area (Å²) in [5.41, 5.74) is 3.99.